The molecule has 0 spiro atoms. The third-order valence-corrected chi connectivity index (χ3v) is 2.81. The zero-order chi connectivity index (χ0) is 11.9. The van der Waals surface area contributed by atoms with Gasteiger partial charge in [0.1, 0.15) is 12.1 Å². The first kappa shape index (κ1) is 12.1. The van der Waals surface area contributed by atoms with Gasteiger partial charge in [0, 0.05) is 13.0 Å². The molecular weight excluding hydrogens is 212 g/mol. The first-order valence-corrected chi connectivity index (χ1v) is 6.34. The number of hydrogen-bond donors (Lipinski definition) is 1. The molecule has 1 unspecified atom stereocenters. The SMILES string of the molecule is CCCCOC1CN=C(Cc2ccccc2)N1. The molecule has 0 amide bonds. The Morgan fingerprint density at radius 2 is 2.18 bits per heavy atom. The number of benzene rings is 1. The molecule has 0 aromatic heterocycles. The predicted octanol–water partition coefficient (Wildman–Crippen LogP) is 2.37. The highest BCUT2D eigenvalue weighted by Crippen LogP contribution is 2.06. The van der Waals surface area contributed by atoms with Gasteiger partial charge in [0.05, 0.1) is 6.54 Å². The van der Waals surface area contributed by atoms with Crippen LogP contribution in [0.25, 0.3) is 0 Å². The van der Waals surface area contributed by atoms with Gasteiger partial charge in [-0.1, -0.05) is 43.7 Å². The van der Waals surface area contributed by atoms with Gasteiger partial charge >= 0.3 is 0 Å². The van der Waals surface area contributed by atoms with Crippen molar-refractivity contribution in [2.45, 2.75) is 32.4 Å². The maximum Gasteiger partial charge on any atom is 0.148 e. The average molecular weight is 232 g/mol. The molecule has 2 rings (SSSR count). The predicted molar refractivity (Wildman–Crippen MR) is 70.2 cm³/mol. The van der Waals surface area contributed by atoms with Crippen LogP contribution in [-0.4, -0.2) is 25.2 Å². The molecule has 1 heterocycles. The molecule has 0 aliphatic carbocycles. The van der Waals surface area contributed by atoms with Crippen LogP contribution in [0.5, 0.6) is 0 Å². The van der Waals surface area contributed by atoms with Crippen LogP contribution in [0.3, 0.4) is 0 Å². The van der Waals surface area contributed by atoms with Gasteiger partial charge in [-0.05, 0) is 12.0 Å². The van der Waals surface area contributed by atoms with E-state index in [2.05, 4.69) is 41.5 Å². The fourth-order valence-corrected chi connectivity index (χ4v) is 1.83. The summed E-state index contributed by atoms with van der Waals surface area (Å²) in [4.78, 5) is 4.47. The highest BCUT2D eigenvalue weighted by molar-refractivity contribution is 5.85. The second-order valence-corrected chi connectivity index (χ2v) is 4.31. The zero-order valence-corrected chi connectivity index (χ0v) is 10.4. The molecule has 1 atom stereocenters. The van der Waals surface area contributed by atoms with E-state index in [1.165, 1.54) is 12.0 Å². The maximum atomic E-state index is 5.69. The Morgan fingerprint density at radius 3 is 2.94 bits per heavy atom. The smallest absolute Gasteiger partial charge is 0.148 e. The normalized spacial score (nSPS) is 18.9. The van der Waals surface area contributed by atoms with Crippen LogP contribution in [0.1, 0.15) is 25.3 Å². The lowest BCUT2D eigenvalue weighted by Crippen LogP contribution is -2.33. The summed E-state index contributed by atoms with van der Waals surface area (Å²) in [6.45, 7) is 3.73. The van der Waals surface area contributed by atoms with E-state index in [1.54, 1.807) is 0 Å². The van der Waals surface area contributed by atoms with Crippen LogP contribution in [0.15, 0.2) is 35.3 Å². The van der Waals surface area contributed by atoms with Gasteiger partial charge in [-0.2, -0.15) is 0 Å². The minimum absolute atomic E-state index is 0.0836. The van der Waals surface area contributed by atoms with Gasteiger partial charge in [0.25, 0.3) is 0 Å². The van der Waals surface area contributed by atoms with E-state index in [9.17, 15) is 0 Å². The molecule has 0 radical (unpaired) electrons. The largest absolute Gasteiger partial charge is 0.357 e. The molecule has 3 nitrogen and oxygen atoms in total. The lowest BCUT2D eigenvalue weighted by atomic mass is 10.1. The summed E-state index contributed by atoms with van der Waals surface area (Å²) in [5.41, 5.74) is 1.29. The number of unbranched alkanes of at least 4 members (excludes halogenated alkanes) is 1. The highest BCUT2D eigenvalue weighted by atomic mass is 16.5. The van der Waals surface area contributed by atoms with E-state index in [1.807, 2.05) is 6.07 Å². The van der Waals surface area contributed by atoms with E-state index in [4.69, 9.17) is 4.74 Å². The molecule has 1 N–H and O–H groups in total. The van der Waals surface area contributed by atoms with E-state index in [-0.39, 0.29) is 6.23 Å². The van der Waals surface area contributed by atoms with Crippen molar-refractivity contribution in [2.75, 3.05) is 13.2 Å². The standard InChI is InChI=1S/C14H20N2O/c1-2-3-9-17-14-11-15-13(16-14)10-12-7-5-4-6-8-12/h4-8,14H,2-3,9-11H2,1H3,(H,15,16). The van der Waals surface area contributed by atoms with E-state index >= 15 is 0 Å². The summed E-state index contributed by atoms with van der Waals surface area (Å²) in [5, 5.41) is 3.33. The summed E-state index contributed by atoms with van der Waals surface area (Å²) in [7, 11) is 0. The third-order valence-electron chi connectivity index (χ3n) is 2.81. The van der Waals surface area contributed by atoms with Crippen LogP contribution in [0, 0.1) is 0 Å². The van der Waals surface area contributed by atoms with Crippen molar-refractivity contribution >= 4 is 5.84 Å². The molecule has 1 aromatic rings. The topological polar surface area (TPSA) is 33.6 Å². The Kier molecular flexibility index (Phi) is 4.56. The molecule has 92 valence electrons. The Labute approximate surface area is 103 Å². The van der Waals surface area contributed by atoms with E-state index < -0.39 is 0 Å². The monoisotopic (exact) mass is 232 g/mol. The minimum atomic E-state index is 0.0836. The van der Waals surface area contributed by atoms with Gasteiger partial charge in [0.2, 0.25) is 0 Å². The fraction of sp³-hybridized carbons (Fsp3) is 0.500. The summed E-state index contributed by atoms with van der Waals surface area (Å²) in [5.74, 6) is 1.04. The molecule has 1 aliphatic heterocycles. The first-order valence-electron chi connectivity index (χ1n) is 6.34. The van der Waals surface area contributed by atoms with Crippen LogP contribution in [0.4, 0.5) is 0 Å². The first-order chi connectivity index (χ1) is 8.38. The van der Waals surface area contributed by atoms with Crippen molar-refractivity contribution < 1.29 is 4.74 Å². The number of aliphatic imine (C=N–C) groups is 1. The Balaban J connectivity index is 1.74. The molecule has 3 heteroatoms. The summed E-state index contributed by atoms with van der Waals surface area (Å²) >= 11 is 0. The number of nitrogens with zero attached hydrogens (tertiary/aromatic N) is 1. The summed E-state index contributed by atoms with van der Waals surface area (Å²) in [6, 6.07) is 10.4. The van der Waals surface area contributed by atoms with Gasteiger partial charge < -0.3 is 10.1 Å². The van der Waals surface area contributed by atoms with Gasteiger partial charge in [-0.3, -0.25) is 4.99 Å². The van der Waals surface area contributed by atoms with Crippen LogP contribution in [-0.2, 0) is 11.2 Å². The lowest BCUT2D eigenvalue weighted by molar-refractivity contribution is 0.0536. The van der Waals surface area contributed by atoms with Crippen molar-refractivity contribution in [1.29, 1.82) is 0 Å². The van der Waals surface area contributed by atoms with Crippen molar-refractivity contribution in [1.82, 2.24) is 5.32 Å². The van der Waals surface area contributed by atoms with Crippen molar-refractivity contribution in [3.63, 3.8) is 0 Å². The van der Waals surface area contributed by atoms with E-state index in [0.717, 1.165) is 31.8 Å². The van der Waals surface area contributed by atoms with Crippen LogP contribution >= 0.6 is 0 Å². The molecule has 0 fully saturated rings. The molecule has 17 heavy (non-hydrogen) atoms. The van der Waals surface area contributed by atoms with Crippen LogP contribution in [0.2, 0.25) is 0 Å². The average Bonchev–Trinajstić information content (AvgIpc) is 2.79. The minimum Gasteiger partial charge on any atom is -0.357 e. The Bertz CT molecular complexity index is 362. The second-order valence-electron chi connectivity index (χ2n) is 4.31. The van der Waals surface area contributed by atoms with E-state index in [0.29, 0.717) is 0 Å². The molecule has 0 saturated heterocycles. The number of ether oxygens (including phenoxy) is 1. The quantitative estimate of drug-likeness (QED) is 0.764. The highest BCUT2D eigenvalue weighted by Gasteiger charge is 2.17. The molecule has 1 aromatic carbocycles. The van der Waals surface area contributed by atoms with Gasteiger partial charge in [-0.25, -0.2) is 0 Å². The van der Waals surface area contributed by atoms with Crippen molar-refractivity contribution in [3.8, 4) is 0 Å². The Morgan fingerprint density at radius 1 is 1.35 bits per heavy atom. The van der Waals surface area contributed by atoms with Crippen molar-refractivity contribution in [3.05, 3.63) is 35.9 Å². The zero-order valence-electron chi connectivity index (χ0n) is 10.4. The number of nitrogens with one attached hydrogen (secondary N) is 1. The van der Waals surface area contributed by atoms with Crippen LogP contribution < -0.4 is 5.32 Å². The summed E-state index contributed by atoms with van der Waals surface area (Å²) < 4.78 is 5.69. The maximum absolute atomic E-state index is 5.69. The molecular formula is C14H20N2O. The lowest BCUT2D eigenvalue weighted by Gasteiger charge is -2.12. The Hall–Kier alpha value is -1.35. The second kappa shape index (κ2) is 6.40. The number of amidine groups is 1. The summed E-state index contributed by atoms with van der Waals surface area (Å²) in [6.07, 6.45) is 3.24. The molecule has 0 bridgehead atoms. The fourth-order valence-electron chi connectivity index (χ4n) is 1.83. The third kappa shape index (κ3) is 3.86. The molecule has 1 aliphatic rings. The van der Waals surface area contributed by atoms with Crippen molar-refractivity contribution in [2.24, 2.45) is 4.99 Å². The van der Waals surface area contributed by atoms with Gasteiger partial charge in [-0.15, -0.1) is 0 Å². The number of rotatable bonds is 6. The van der Waals surface area contributed by atoms with Gasteiger partial charge in [0.15, 0.2) is 0 Å². The molecule has 0 saturated carbocycles. The number of hydrogen-bond acceptors (Lipinski definition) is 3.